The van der Waals surface area contributed by atoms with E-state index >= 15 is 0 Å². The number of nitrogens with zero attached hydrogens (tertiary/aromatic N) is 1. The van der Waals surface area contributed by atoms with Gasteiger partial charge in [0.05, 0.1) is 23.2 Å². The number of rotatable bonds is 2. The van der Waals surface area contributed by atoms with Crippen molar-refractivity contribution in [1.29, 1.82) is 0 Å². The molecule has 7 heteroatoms. The number of carboxylic acid groups (broad SMARTS) is 1. The van der Waals surface area contributed by atoms with Crippen molar-refractivity contribution in [3.63, 3.8) is 0 Å². The minimum absolute atomic E-state index is 0.0152. The quantitative estimate of drug-likeness (QED) is 0.877. The summed E-state index contributed by atoms with van der Waals surface area (Å²) in [5, 5.41) is 9.35. The van der Waals surface area contributed by atoms with Gasteiger partial charge in [0.1, 0.15) is 0 Å². The summed E-state index contributed by atoms with van der Waals surface area (Å²) >= 11 is 9.36. The Morgan fingerprint density at radius 2 is 2.15 bits per heavy atom. The fourth-order valence-electron chi connectivity index (χ4n) is 2.09. The molecule has 1 aliphatic rings. The highest BCUT2D eigenvalue weighted by molar-refractivity contribution is 9.10. The van der Waals surface area contributed by atoms with Gasteiger partial charge in [-0.1, -0.05) is 17.7 Å². The third kappa shape index (κ3) is 3.13. The van der Waals surface area contributed by atoms with Crippen molar-refractivity contribution in [2.24, 2.45) is 0 Å². The van der Waals surface area contributed by atoms with E-state index in [1.807, 2.05) is 0 Å². The second kappa shape index (κ2) is 6.11. The third-order valence-electron chi connectivity index (χ3n) is 3.00. The number of hydrogen-bond acceptors (Lipinski definition) is 3. The standard InChI is InChI=1S/C13H13BrClNO4/c1-7-5-16(6-10(20-7)13(18)19)12(17)8-3-2-4-9(14)11(8)15/h2-4,7,10H,5-6H2,1H3,(H,18,19)/t7-,10?/m1/s1. The van der Waals surface area contributed by atoms with Gasteiger partial charge in [-0.15, -0.1) is 0 Å². The van der Waals surface area contributed by atoms with Crippen molar-refractivity contribution in [3.8, 4) is 0 Å². The van der Waals surface area contributed by atoms with Crippen LogP contribution < -0.4 is 0 Å². The molecule has 5 nitrogen and oxygen atoms in total. The van der Waals surface area contributed by atoms with Crippen LogP contribution in [-0.4, -0.2) is 47.2 Å². The highest BCUT2D eigenvalue weighted by Crippen LogP contribution is 2.27. The molecule has 1 fully saturated rings. The second-order valence-electron chi connectivity index (χ2n) is 4.59. The van der Waals surface area contributed by atoms with Crippen LogP contribution in [0.2, 0.25) is 5.02 Å². The van der Waals surface area contributed by atoms with E-state index in [1.54, 1.807) is 25.1 Å². The van der Waals surface area contributed by atoms with Crippen molar-refractivity contribution in [2.75, 3.05) is 13.1 Å². The summed E-state index contributed by atoms with van der Waals surface area (Å²) in [4.78, 5) is 24.9. The monoisotopic (exact) mass is 361 g/mol. The van der Waals surface area contributed by atoms with E-state index in [2.05, 4.69) is 15.9 Å². The Morgan fingerprint density at radius 3 is 2.80 bits per heavy atom. The summed E-state index contributed by atoms with van der Waals surface area (Å²) in [5.41, 5.74) is 0.347. The minimum Gasteiger partial charge on any atom is -0.479 e. The van der Waals surface area contributed by atoms with Crippen LogP contribution in [0.3, 0.4) is 0 Å². The number of halogens is 2. The number of aliphatic carboxylic acids is 1. The molecule has 0 aliphatic carbocycles. The molecule has 20 heavy (non-hydrogen) atoms. The van der Waals surface area contributed by atoms with E-state index in [0.29, 0.717) is 21.6 Å². The number of benzene rings is 1. The number of morpholine rings is 1. The first kappa shape index (κ1) is 15.3. The summed E-state index contributed by atoms with van der Waals surface area (Å²) in [7, 11) is 0. The number of carbonyl (C=O) groups is 2. The van der Waals surface area contributed by atoms with Crippen molar-refractivity contribution in [3.05, 3.63) is 33.3 Å². The van der Waals surface area contributed by atoms with Crippen LogP contribution >= 0.6 is 27.5 Å². The van der Waals surface area contributed by atoms with Gasteiger partial charge in [-0.2, -0.15) is 0 Å². The maximum absolute atomic E-state index is 12.5. The number of amides is 1. The van der Waals surface area contributed by atoms with Crippen LogP contribution in [-0.2, 0) is 9.53 Å². The van der Waals surface area contributed by atoms with Gasteiger partial charge in [0, 0.05) is 11.0 Å². The lowest BCUT2D eigenvalue weighted by atomic mass is 10.1. The molecule has 2 rings (SSSR count). The summed E-state index contributed by atoms with van der Waals surface area (Å²) in [6.07, 6.45) is -1.34. The Kier molecular flexibility index (Phi) is 4.67. The van der Waals surface area contributed by atoms with Gasteiger partial charge >= 0.3 is 5.97 Å². The molecule has 1 aliphatic heterocycles. The Bertz CT molecular complexity index is 551. The second-order valence-corrected chi connectivity index (χ2v) is 5.82. The first-order valence-electron chi connectivity index (χ1n) is 6.01. The molecule has 1 saturated heterocycles. The van der Waals surface area contributed by atoms with Crippen LogP contribution in [0, 0.1) is 0 Å². The molecule has 0 bridgehead atoms. The first-order valence-corrected chi connectivity index (χ1v) is 7.18. The molecule has 1 unspecified atom stereocenters. The van der Waals surface area contributed by atoms with Crippen LogP contribution in [0.1, 0.15) is 17.3 Å². The fraction of sp³-hybridized carbons (Fsp3) is 0.385. The van der Waals surface area contributed by atoms with Gasteiger partial charge < -0.3 is 14.7 Å². The average Bonchev–Trinajstić information content (AvgIpc) is 2.40. The summed E-state index contributed by atoms with van der Waals surface area (Å²) in [6.45, 7) is 2.09. The average molecular weight is 363 g/mol. The van der Waals surface area contributed by atoms with Crippen LogP contribution in [0.25, 0.3) is 0 Å². The smallest absolute Gasteiger partial charge is 0.334 e. The molecular weight excluding hydrogens is 350 g/mol. The zero-order chi connectivity index (χ0) is 14.9. The molecule has 1 N–H and O–H groups in total. The Labute approximate surface area is 129 Å². The van der Waals surface area contributed by atoms with Gasteiger partial charge in [-0.25, -0.2) is 4.79 Å². The first-order chi connectivity index (χ1) is 9.40. The summed E-state index contributed by atoms with van der Waals surface area (Å²) < 4.78 is 5.91. The lowest BCUT2D eigenvalue weighted by molar-refractivity contribution is -0.160. The predicted molar refractivity (Wildman–Crippen MR) is 77.0 cm³/mol. The number of hydrogen-bond donors (Lipinski definition) is 1. The van der Waals surface area contributed by atoms with E-state index < -0.39 is 12.1 Å². The number of carboxylic acids is 1. The maximum atomic E-state index is 12.5. The Hall–Kier alpha value is -1.11. The SMILES string of the molecule is C[C@@H]1CN(C(=O)c2cccc(Br)c2Cl)CC(C(=O)O)O1. The molecule has 0 spiro atoms. The normalized spacial score (nSPS) is 22.6. The summed E-state index contributed by atoms with van der Waals surface area (Å²) in [5.74, 6) is -1.37. The molecule has 1 heterocycles. The van der Waals surface area contributed by atoms with Crippen molar-refractivity contribution in [2.45, 2.75) is 19.1 Å². The van der Waals surface area contributed by atoms with Gasteiger partial charge in [0.15, 0.2) is 6.10 Å². The molecule has 0 aromatic heterocycles. The molecule has 1 aromatic carbocycles. The summed E-state index contributed by atoms with van der Waals surface area (Å²) in [6, 6.07) is 5.06. The number of carbonyl (C=O) groups excluding carboxylic acids is 1. The lowest BCUT2D eigenvalue weighted by Crippen LogP contribution is -2.51. The van der Waals surface area contributed by atoms with Gasteiger partial charge in [-0.05, 0) is 35.0 Å². The Balaban J connectivity index is 2.24. The van der Waals surface area contributed by atoms with Crippen molar-refractivity contribution >= 4 is 39.4 Å². The van der Waals surface area contributed by atoms with E-state index in [1.165, 1.54) is 4.90 Å². The predicted octanol–water partition coefficient (Wildman–Crippen LogP) is 2.42. The van der Waals surface area contributed by atoms with Gasteiger partial charge in [-0.3, -0.25) is 4.79 Å². The Morgan fingerprint density at radius 1 is 1.45 bits per heavy atom. The van der Waals surface area contributed by atoms with Crippen molar-refractivity contribution < 1.29 is 19.4 Å². The minimum atomic E-state index is -1.07. The number of ether oxygens (including phenoxy) is 1. The third-order valence-corrected chi connectivity index (χ3v) is 4.30. The largest absolute Gasteiger partial charge is 0.479 e. The van der Waals surface area contributed by atoms with E-state index in [0.717, 1.165) is 0 Å². The maximum Gasteiger partial charge on any atom is 0.334 e. The zero-order valence-electron chi connectivity index (χ0n) is 10.7. The van der Waals surface area contributed by atoms with Crippen molar-refractivity contribution in [1.82, 2.24) is 4.90 Å². The van der Waals surface area contributed by atoms with Gasteiger partial charge in [0.25, 0.3) is 5.91 Å². The molecule has 1 aromatic rings. The van der Waals surface area contributed by atoms with E-state index in [-0.39, 0.29) is 18.6 Å². The van der Waals surface area contributed by atoms with E-state index in [4.69, 9.17) is 21.4 Å². The van der Waals surface area contributed by atoms with Gasteiger partial charge in [0.2, 0.25) is 0 Å². The molecule has 1 amide bonds. The highest BCUT2D eigenvalue weighted by Gasteiger charge is 2.33. The fourth-order valence-corrected chi connectivity index (χ4v) is 2.67. The zero-order valence-corrected chi connectivity index (χ0v) is 13.0. The molecule has 2 atom stereocenters. The highest BCUT2D eigenvalue weighted by atomic mass is 79.9. The van der Waals surface area contributed by atoms with Crippen LogP contribution in [0.4, 0.5) is 0 Å². The van der Waals surface area contributed by atoms with E-state index in [9.17, 15) is 9.59 Å². The van der Waals surface area contributed by atoms with Crippen LogP contribution in [0.15, 0.2) is 22.7 Å². The van der Waals surface area contributed by atoms with Crippen LogP contribution in [0.5, 0.6) is 0 Å². The molecule has 0 saturated carbocycles. The lowest BCUT2D eigenvalue weighted by Gasteiger charge is -2.35. The molecule has 108 valence electrons. The molecular formula is C13H13BrClNO4. The topological polar surface area (TPSA) is 66.8 Å². The molecule has 0 radical (unpaired) electrons.